The van der Waals surface area contributed by atoms with Gasteiger partial charge in [-0.3, -0.25) is 19.2 Å². The number of rotatable bonds is 2. The summed E-state index contributed by atoms with van der Waals surface area (Å²) in [5, 5.41) is 14.8. The average Bonchev–Trinajstić information content (AvgIpc) is 2.83. The van der Waals surface area contributed by atoms with Crippen LogP contribution in [0.4, 0.5) is 11.4 Å². The average molecular weight is 533 g/mol. The van der Waals surface area contributed by atoms with E-state index < -0.39 is 10.4 Å². The lowest BCUT2D eigenvalue weighted by Gasteiger charge is -2.36. The van der Waals surface area contributed by atoms with Crippen molar-refractivity contribution in [2.75, 3.05) is 62.2 Å². The van der Waals surface area contributed by atoms with E-state index in [0.717, 1.165) is 52.4 Å². The first-order valence-corrected chi connectivity index (χ1v) is 13.1. The van der Waals surface area contributed by atoms with E-state index in [1.165, 1.54) is 22.5 Å². The smallest absolute Gasteiger partial charge is 0.188 e. The van der Waals surface area contributed by atoms with Gasteiger partial charge >= 0.3 is 0 Å². The molecule has 0 saturated carbocycles. The van der Waals surface area contributed by atoms with E-state index in [1.54, 1.807) is 0 Å². The van der Waals surface area contributed by atoms with Gasteiger partial charge in [0.2, 0.25) is 0 Å². The fourth-order valence-electron chi connectivity index (χ4n) is 4.06. The van der Waals surface area contributed by atoms with Crippen LogP contribution in [-0.2, 0) is 10.4 Å². The van der Waals surface area contributed by atoms with Crippen LogP contribution in [0.1, 0.15) is 11.1 Å². The van der Waals surface area contributed by atoms with Crippen molar-refractivity contribution >= 4 is 33.7 Å². The molecular weight excluding hydrogens is 496 g/mol. The summed E-state index contributed by atoms with van der Waals surface area (Å²) >= 11 is 0. The lowest BCUT2D eigenvalue weighted by atomic mass is 10.2. The number of nitrogens with one attached hydrogen (secondary N) is 2. The second-order valence-corrected chi connectivity index (χ2v) is 9.62. The zero-order valence-electron chi connectivity index (χ0n) is 21.3. The van der Waals surface area contributed by atoms with Crippen LogP contribution in [0.15, 0.2) is 48.5 Å². The fraction of sp³-hybridized carbons (Fsp3) is 0.417. The number of hydrogen-bond acceptors (Lipinski definition) is 8. The third-order valence-corrected chi connectivity index (χ3v) is 5.97. The van der Waals surface area contributed by atoms with Gasteiger partial charge in [0.25, 0.3) is 0 Å². The monoisotopic (exact) mass is 532 g/mol. The Hall–Kier alpha value is -3.55. The molecule has 0 aliphatic carbocycles. The van der Waals surface area contributed by atoms with Gasteiger partial charge in [0.15, 0.2) is 11.9 Å². The molecule has 2 aromatic rings. The highest BCUT2D eigenvalue weighted by molar-refractivity contribution is 7.79. The highest BCUT2D eigenvalue weighted by Crippen LogP contribution is 2.18. The normalized spacial score (nSPS) is 15.7. The molecule has 2 fully saturated rings. The van der Waals surface area contributed by atoms with Crippen LogP contribution in [0.5, 0.6) is 0 Å². The highest BCUT2D eigenvalue weighted by Gasteiger charge is 2.18. The first-order chi connectivity index (χ1) is 17.3. The Bertz CT molecular complexity index is 1060. The van der Waals surface area contributed by atoms with Gasteiger partial charge in [-0.05, 0) is 49.2 Å². The number of benzene rings is 2. The lowest BCUT2D eigenvalue weighted by molar-refractivity contribution is 0.352. The third-order valence-electron chi connectivity index (χ3n) is 5.97. The van der Waals surface area contributed by atoms with E-state index in [4.69, 9.17) is 39.8 Å². The van der Waals surface area contributed by atoms with Gasteiger partial charge in [-0.2, -0.15) is 0 Å². The van der Waals surface area contributed by atoms with Gasteiger partial charge in [-0.25, -0.2) is 0 Å². The van der Waals surface area contributed by atoms with Gasteiger partial charge < -0.3 is 40.2 Å². The molecule has 0 radical (unpaired) electrons. The number of piperazine rings is 2. The molecule has 0 unspecified atom stereocenters. The summed E-state index contributed by atoms with van der Waals surface area (Å²) in [6, 6.07) is 17.0. The largest absolute Gasteiger partial charge is 0.759 e. The summed E-state index contributed by atoms with van der Waals surface area (Å²) in [7, 11) is -5.17. The van der Waals surface area contributed by atoms with Crippen LogP contribution < -0.4 is 21.3 Å². The van der Waals surface area contributed by atoms with Gasteiger partial charge in [0.05, 0.1) is 0 Å². The fourth-order valence-corrected chi connectivity index (χ4v) is 4.06. The van der Waals surface area contributed by atoms with Crippen molar-refractivity contribution in [1.82, 2.24) is 9.80 Å². The summed E-state index contributed by atoms with van der Waals surface area (Å²) in [5.74, 6) is 0.368. The Morgan fingerprint density at radius 1 is 0.703 bits per heavy atom. The summed E-state index contributed by atoms with van der Waals surface area (Å²) in [6.07, 6.45) is 0. The molecule has 0 bridgehead atoms. The minimum atomic E-state index is -5.17. The maximum atomic E-state index is 8.52. The quantitative estimate of drug-likeness (QED) is 0.185. The topological polar surface area (TPSA) is 193 Å². The molecule has 0 aromatic heterocycles. The molecule has 0 spiro atoms. The lowest BCUT2D eigenvalue weighted by Crippen LogP contribution is -2.50. The molecule has 2 heterocycles. The predicted molar refractivity (Wildman–Crippen MR) is 144 cm³/mol. The zero-order valence-corrected chi connectivity index (χ0v) is 22.1. The Kier molecular flexibility index (Phi) is 11.0. The zero-order chi connectivity index (χ0) is 27.6. The third kappa shape index (κ3) is 10.9. The number of aryl methyl sites for hydroxylation is 2. The minimum Gasteiger partial charge on any atom is -0.759 e. The molecule has 2 aliphatic heterocycles. The molecule has 37 heavy (non-hydrogen) atoms. The van der Waals surface area contributed by atoms with Crippen molar-refractivity contribution in [1.29, 1.82) is 10.8 Å². The van der Waals surface area contributed by atoms with E-state index in [9.17, 15) is 0 Å². The van der Waals surface area contributed by atoms with E-state index in [-0.39, 0.29) is 11.9 Å². The Balaban J connectivity index is 0.000000221. The van der Waals surface area contributed by atoms with Crippen molar-refractivity contribution in [2.24, 2.45) is 11.5 Å². The first kappa shape index (κ1) is 29.7. The van der Waals surface area contributed by atoms with Gasteiger partial charge in [0, 0.05) is 74.1 Å². The van der Waals surface area contributed by atoms with Crippen molar-refractivity contribution in [3.05, 3.63) is 59.7 Å². The van der Waals surface area contributed by atoms with Gasteiger partial charge in [0.1, 0.15) is 0 Å². The summed E-state index contributed by atoms with van der Waals surface area (Å²) in [6.45, 7) is 11.3. The Morgan fingerprint density at radius 2 is 1.00 bits per heavy atom. The van der Waals surface area contributed by atoms with Crippen LogP contribution in [0, 0.1) is 24.7 Å². The molecule has 4 rings (SSSR count). The van der Waals surface area contributed by atoms with Gasteiger partial charge in [-0.15, -0.1) is 0 Å². The van der Waals surface area contributed by atoms with E-state index >= 15 is 0 Å². The molecule has 2 aliphatic rings. The number of nitrogens with two attached hydrogens (primary N) is 2. The molecule has 0 atom stereocenters. The van der Waals surface area contributed by atoms with Crippen molar-refractivity contribution in [2.45, 2.75) is 13.8 Å². The Labute approximate surface area is 219 Å². The number of guanidine groups is 2. The molecular formula is C24H36N8O4S-2. The van der Waals surface area contributed by atoms with Crippen LogP contribution in [-0.4, -0.2) is 91.6 Å². The van der Waals surface area contributed by atoms with Crippen molar-refractivity contribution in [3.8, 4) is 0 Å². The van der Waals surface area contributed by atoms with Gasteiger partial charge in [-0.1, -0.05) is 24.3 Å². The SMILES string of the molecule is Cc1cccc(N2CCN(C(=N)N)CC2)c1.Cc1cccc(N2CCN(C(=N)N)CC2)c1.O=S(=O)([O-])[O-]. The molecule has 2 saturated heterocycles. The molecule has 6 N–H and O–H groups in total. The number of anilines is 2. The summed E-state index contributed by atoms with van der Waals surface area (Å²) < 4.78 is 34.1. The molecule has 12 nitrogen and oxygen atoms in total. The van der Waals surface area contributed by atoms with Crippen LogP contribution in [0.25, 0.3) is 0 Å². The Morgan fingerprint density at radius 3 is 1.24 bits per heavy atom. The van der Waals surface area contributed by atoms with Crippen LogP contribution in [0.3, 0.4) is 0 Å². The number of hydrogen-bond donors (Lipinski definition) is 4. The molecule has 2 aromatic carbocycles. The highest BCUT2D eigenvalue weighted by atomic mass is 32.3. The van der Waals surface area contributed by atoms with E-state index in [1.807, 2.05) is 9.80 Å². The molecule has 0 amide bonds. The predicted octanol–water partition coefficient (Wildman–Crippen LogP) is 0.683. The maximum Gasteiger partial charge on any atom is 0.188 e. The van der Waals surface area contributed by atoms with Crippen molar-refractivity contribution in [3.63, 3.8) is 0 Å². The van der Waals surface area contributed by atoms with Crippen LogP contribution >= 0.6 is 0 Å². The summed E-state index contributed by atoms with van der Waals surface area (Å²) in [4.78, 5) is 8.50. The second kappa shape index (κ2) is 13.7. The molecule has 204 valence electrons. The first-order valence-electron chi connectivity index (χ1n) is 11.8. The number of nitrogens with zero attached hydrogens (tertiary/aromatic N) is 4. The van der Waals surface area contributed by atoms with E-state index in [2.05, 4.69) is 72.2 Å². The standard InChI is InChI=1S/2C12H18N4.H2O4S/c2*1-10-3-2-4-11(9-10)15-5-7-16(8-6-15)12(13)14;1-5(2,3)4/h2*2-4,9H,5-8H2,1H3,(H3,13,14);(H2,1,2,3,4)/p-2. The van der Waals surface area contributed by atoms with Crippen molar-refractivity contribution < 1.29 is 17.5 Å². The molecule has 13 heteroatoms. The van der Waals surface area contributed by atoms with E-state index in [0.29, 0.717) is 0 Å². The second-order valence-electron chi connectivity index (χ2n) is 8.80. The van der Waals surface area contributed by atoms with Crippen LogP contribution in [0.2, 0.25) is 0 Å². The summed E-state index contributed by atoms with van der Waals surface area (Å²) in [5.41, 5.74) is 16.0. The minimum absolute atomic E-state index is 0.184. The maximum absolute atomic E-state index is 8.52.